The number of hydrogen-bond acceptors (Lipinski definition) is 3. The quantitative estimate of drug-likeness (QED) is 0.647. The van der Waals surface area contributed by atoms with Crippen molar-refractivity contribution in [3.8, 4) is 0 Å². The molecular formula is C11H19NO2S. The summed E-state index contributed by atoms with van der Waals surface area (Å²) in [6.07, 6.45) is 1.80. The molecule has 1 heterocycles. The molecule has 86 valence electrons. The van der Waals surface area contributed by atoms with Crippen molar-refractivity contribution in [2.75, 3.05) is 19.3 Å². The van der Waals surface area contributed by atoms with Crippen LogP contribution < -0.4 is 0 Å². The number of thioether (sulfide) groups is 1. The zero-order valence-corrected chi connectivity index (χ0v) is 10.7. The van der Waals surface area contributed by atoms with E-state index in [-0.39, 0.29) is 6.09 Å². The van der Waals surface area contributed by atoms with Crippen LogP contribution in [0.2, 0.25) is 0 Å². The van der Waals surface area contributed by atoms with E-state index in [0.29, 0.717) is 11.8 Å². The first-order chi connectivity index (χ1) is 6.83. The molecule has 4 heteroatoms. The zero-order chi connectivity index (χ0) is 11.6. The second kappa shape index (κ2) is 4.47. The summed E-state index contributed by atoms with van der Waals surface area (Å²) < 4.78 is 5.30. The number of ether oxygens (including phenoxy) is 1. The van der Waals surface area contributed by atoms with Crippen LogP contribution in [0.15, 0.2) is 12.2 Å². The second-order valence-corrected chi connectivity index (χ2v) is 5.78. The molecule has 0 aliphatic carbocycles. The van der Waals surface area contributed by atoms with Gasteiger partial charge in [0.15, 0.2) is 0 Å². The van der Waals surface area contributed by atoms with Gasteiger partial charge in [-0.25, -0.2) is 4.79 Å². The lowest BCUT2D eigenvalue weighted by molar-refractivity contribution is 0.0300. The van der Waals surface area contributed by atoms with Gasteiger partial charge in [-0.3, -0.25) is 0 Å². The van der Waals surface area contributed by atoms with E-state index in [4.69, 9.17) is 4.74 Å². The SMILES string of the molecule is C=C1CN(C(=O)OC(C)(C)C)C[C@@H]1SC. The van der Waals surface area contributed by atoms with Crippen molar-refractivity contribution < 1.29 is 9.53 Å². The van der Waals surface area contributed by atoms with Gasteiger partial charge in [-0.1, -0.05) is 6.58 Å². The molecule has 0 aromatic carbocycles. The largest absolute Gasteiger partial charge is 0.444 e. The normalized spacial score (nSPS) is 22.0. The minimum Gasteiger partial charge on any atom is -0.444 e. The third-order valence-corrected chi connectivity index (χ3v) is 3.22. The van der Waals surface area contributed by atoms with Gasteiger partial charge in [0.2, 0.25) is 0 Å². The average Bonchev–Trinajstić information content (AvgIpc) is 2.43. The van der Waals surface area contributed by atoms with Crippen molar-refractivity contribution in [3.63, 3.8) is 0 Å². The summed E-state index contributed by atoms with van der Waals surface area (Å²) in [6.45, 7) is 10.9. The Kier molecular flexibility index (Phi) is 3.71. The Labute approximate surface area is 95.9 Å². The molecule has 0 aromatic heterocycles. The lowest BCUT2D eigenvalue weighted by Crippen LogP contribution is -2.35. The third-order valence-electron chi connectivity index (χ3n) is 2.17. The van der Waals surface area contributed by atoms with E-state index in [1.54, 1.807) is 16.7 Å². The van der Waals surface area contributed by atoms with E-state index in [9.17, 15) is 4.79 Å². The van der Waals surface area contributed by atoms with Crippen LogP contribution in [0.3, 0.4) is 0 Å². The fraction of sp³-hybridized carbons (Fsp3) is 0.727. The van der Waals surface area contributed by atoms with Crippen LogP contribution in [0, 0.1) is 0 Å². The molecule has 1 aliphatic rings. The predicted molar refractivity (Wildman–Crippen MR) is 64.3 cm³/mol. The molecule has 0 unspecified atom stereocenters. The van der Waals surface area contributed by atoms with Crippen LogP contribution in [-0.4, -0.2) is 41.2 Å². The van der Waals surface area contributed by atoms with Gasteiger partial charge in [0.25, 0.3) is 0 Å². The van der Waals surface area contributed by atoms with E-state index in [0.717, 1.165) is 12.1 Å². The molecule has 1 fully saturated rings. The summed E-state index contributed by atoms with van der Waals surface area (Å²) in [4.78, 5) is 13.4. The minimum atomic E-state index is -0.421. The Morgan fingerprint density at radius 3 is 2.60 bits per heavy atom. The fourth-order valence-corrected chi connectivity index (χ4v) is 2.18. The van der Waals surface area contributed by atoms with Gasteiger partial charge in [-0.05, 0) is 32.6 Å². The molecule has 3 nitrogen and oxygen atoms in total. The number of rotatable bonds is 1. The first kappa shape index (κ1) is 12.4. The maximum Gasteiger partial charge on any atom is 0.410 e. The lowest BCUT2D eigenvalue weighted by Gasteiger charge is -2.24. The minimum absolute atomic E-state index is 0.236. The molecule has 1 atom stereocenters. The van der Waals surface area contributed by atoms with E-state index in [2.05, 4.69) is 6.58 Å². The van der Waals surface area contributed by atoms with Gasteiger partial charge in [0.1, 0.15) is 5.60 Å². The molecule has 15 heavy (non-hydrogen) atoms. The van der Waals surface area contributed by atoms with Crippen molar-refractivity contribution in [3.05, 3.63) is 12.2 Å². The van der Waals surface area contributed by atoms with Gasteiger partial charge >= 0.3 is 6.09 Å². The molecule has 0 saturated carbocycles. The van der Waals surface area contributed by atoms with Crippen LogP contribution in [0.4, 0.5) is 4.79 Å². The van der Waals surface area contributed by atoms with Gasteiger partial charge in [-0.2, -0.15) is 11.8 Å². The smallest absolute Gasteiger partial charge is 0.410 e. The molecule has 0 spiro atoms. The van der Waals surface area contributed by atoms with Crippen molar-refractivity contribution >= 4 is 17.9 Å². The first-order valence-corrected chi connectivity index (χ1v) is 6.30. The van der Waals surface area contributed by atoms with Crippen LogP contribution in [0.1, 0.15) is 20.8 Å². The van der Waals surface area contributed by atoms with Gasteiger partial charge in [-0.15, -0.1) is 0 Å². The summed E-state index contributed by atoms with van der Waals surface area (Å²) in [6, 6.07) is 0. The molecule has 0 radical (unpaired) electrons. The highest BCUT2D eigenvalue weighted by molar-refractivity contribution is 7.99. The number of amides is 1. The Morgan fingerprint density at radius 1 is 1.60 bits per heavy atom. The Hall–Kier alpha value is -0.640. The number of carbonyl (C=O) groups excluding carboxylic acids is 1. The molecule has 1 aliphatic heterocycles. The standard InChI is InChI=1S/C11H19NO2S/c1-8-6-12(7-9(8)15-5)10(13)14-11(2,3)4/h9H,1,6-7H2,2-5H3/t9-/m0/s1. The van der Waals surface area contributed by atoms with Gasteiger partial charge in [0, 0.05) is 18.3 Å². The van der Waals surface area contributed by atoms with Crippen molar-refractivity contribution in [2.24, 2.45) is 0 Å². The van der Waals surface area contributed by atoms with Crippen molar-refractivity contribution in [2.45, 2.75) is 31.6 Å². The summed E-state index contributed by atoms with van der Waals surface area (Å²) in [7, 11) is 0. The van der Waals surface area contributed by atoms with Gasteiger partial charge in [0.05, 0.1) is 0 Å². The highest BCUT2D eigenvalue weighted by atomic mass is 32.2. The molecule has 0 N–H and O–H groups in total. The molecule has 1 rings (SSSR count). The third kappa shape index (κ3) is 3.45. The molecular weight excluding hydrogens is 210 g/mol. The van der Waals surface area contributed by atoms with Crippen LogP contribution >= 0.6 is 11.8 Å². The van der Waals surface area contributed by atoms with E-state index in [1.165, 1.54) is 0 Å². The van der Waals surface area contributed by atoms with Crippen LogP contribution in [0.5, 0.6) is 0 Å². The molecule has 0 aromatic rings. The summed E-state index contributed by atoms with van der Waals surface area (Å²) >= 11 is 1.73. The van der Waals surface area contributed by atoms with Crippen molar-refractivity contribution in [1.82, 2.24) is 4.90 Å². The number of hydrogen-bond donors (Lipinski definition) is 0. The number of likely N-dealkylation sites (tertiary alicyclic amines) is 1. The number of nitrogens with zero attached hydrogens (tertiary/aromatic N) is 1. The Bertz CT molecular complexity index is 270. The maximum absolute atomic E-state index is 11.7. The highest BCUT2D eigenvalue weighted by Crippen LogP contribution is 2.25. The summed E-state index contributed by atoms with van der Waals surface area (Å²) in [5.41, 5.74) is 0.684. The van der Waals surface area contributed by atoms with Gasteiger partial charge < -0.3 is 9.64 Å². The van der Waals surface area contributed by atoms with Crippen LogP contribution in [-0.2, 0) is 4.74 Å². The highest BCUT2D eigenvalue weighted by Gasteiger charge is 2.31. The van der Waals surface area contributed by atoms with Crippen molar-refractivity contribution in [1.29, 1.82) is 0 Å². The fourth-order valence-electron chi connectivity index (χ4n) is 1.45. The van der Waals surface area contributed by atoms with E-state index >= 15 is 0 Å². The molecule has 1 amide bonds. The summed E-state index contributed by atoms with van der Waals surface area (Å²) in [5, 5.41) is 0.359. The number of carbonyl (C=O) groups is 1. The van der Waals surface area contributed by atoms with E-state index < -0.39 is 5.60 Å². The maximum atomic E-state index is 11.7. The first-order valence-electron chi connectivity index (χ1n) is 5.02. The molecule has 1 saturated heterocycles. The second-order valence-electron chi connectivity index (χ2n) is 4.74. The lowest BCUT2D eigenvalue weighted by atomic mass is 10.2. The Morgan fingerprint density at radius 2 is 2.20 bits per heavy atom. The van der Waals surface area contributed by atoms with E-state index in [1.807, 2.05) is 27.0 Å². The zero-order valence-electron chi connectivity index (χ0n) is 9.87. The Balaban J connectivity index is 2.53. The topological polar surface area (TPSA) is 29.5 Å². The summed E-state index contributed by atoms with van der Waals surface area (Å²) in [5.74, 6) is 0. The predicted octanol–water partition coefficient (Wildman–Crippen LogP) is 2.52. The molecule has 0 bridgehead atoms. The monoisotopic (exact) mass is 229 g/mol. The van der Waals surface area contributed by atoms with Crippen LogP contribution in [0.25, 0.3) is 0 Å². The average molecular weight is 229 g/mol.